The molecular weight excluding hydrogens is 216 g/mol. The molecule has 0 aliphatic carbocycles. The predicted octanol–water partition coefficient (Wildman–Crippen LogP) is 1.85. The number of nitriles is 1. The Labute approximate surface area is 100 Å². The standard InChI is InChI=1S/C13H14N2O2/c1-9-6-10(7-14)4-5-11(9)12(13(16)17)8-15(2)3/h4-6,8H,1-3H3,(H,16,17)/b12-8-. The Morgan fingerprint density at radius 2 is 2.12 bits per heavy atom. The molecule has 0 heterocycles. The van der Waals surface area contributed by atoms with E-state index < -0.39 is 5.97 Å². The minimum atomic E-state index is -0.980. The van der Waals surface area contributed by atoms with E-state index in [2.05, 4.69) is 0 Å². The number of carboxylic acid groups (broad SMARTS) is 1. The largest absolute Gasteiger partial charge is 0.478 e. The molecule has 4 nitrogen and oxygen atoms in total. The van der Waals surface area contributed by atoms with Crippen molar-refractivity contribution in [3.63, 3.8) is 0 Å². The van der Waals surface area contributed by atoms with Crippen molar-refractivity contribution in [2.45, 2.75) is 6.92 Å². The van der Waals surface area contributed by atoms with Crippen LogP contribution in [0.5, 0.6) is 0 Å². The topological polar surface area (TPSA) is 64.3 Å². The summed E-state index contributed by atoms with van der Waals surface area (Å²) in [6.07, 6.45) is 1.55. The number of aryl methyl sites for hydroxylation is 1. The summed E-state index contributed by atoms with van der Waals surface area (Å²) in [5, 5.41) is 17.9. The number of rotatable bonds is 3. The lowest BCUT2D eigenvalue weighted by molar-refractivity contribution is -0.130. The minimum Gasteiger partial charge on any atom is -0.478 e. The first-order chi connectivity index (χ1) is 7.95. The monoisotopic (exact) mass is 230 g/mol. The fourth-order valence-corrected chi connectivity index (χ4v) is 1.53. The zero-order chi connectivity index (χ0) is 13.0. The number of nitrogens with zero attached hydrogens (tertiary/aromatic N) is 2. The van der Waals surface area contributed by atoms with Crippen molar-refractivity contribution in [1.82, 2.24) is 4.90 Å². The lowest BCUT2D eigenvalue weighted by Gasteiger charge is -2.11. The molecule has 1 aromatic rings. The molecule has 0 aliphatic heterocycles. The van der Waals surface area contributed by atoms with Gasteiger partial charge in [0.05, 0.1) is 17.2 Å². The summed E-state index contributed by atoms with van der Waals surface area (Å²) in [6.45, 7) is 1.79. The molecule has 0 unspecified atom stereocenters. The van der Waals surface area contributed by atoms with Gasteiger partial charge in [0.2, 0.25) is 0 Å². The number of carboxylic acids is 1. The van der Waals surface area contributed by atoms with E-state index in [-0.39, 0.29) is 5.57 Å². The molecular formula is C13H14N2O2. The van der Waals surface area contributed by atoms with Crippen LogP contribution in [-0.4, -0.2) is 30.1 Å². The van der Waals surface area contributed by atoms with Gasteiger partial charge in [0, 0.05) is 20.3 Å². The summed E-state index contributed by atoms with van der Waals surface area (Å²) in [5.41, 5.74) is 2.16. The first-order valence-electron chi connectivity index (χ1n) is 5.08. The van der Waals surface area contributed by atoms with Crippen molar-refractivity contribution in [1.29, 1.82) is 5.26 Å². The predicted molar refractivity (Wildman–Crippen MR) is 65.2 cm³/mol. The molecule has 0 aromatic heterocycles. The maximum Gasteiger partial charge on any atom is 0.337 e. The number of aliphatic carboxylic acids is 1. The molecule has 4 heteroatoms. The van der Waals surface area contributed by atoms with Gasteiger partial charge >= 0.3 is 5.97 Å². The number of benzene rings is 1. The first-order valence-corrected chi connectivity index (χ1v) is 5.08. The number of carbonyl (C=O) groups is 1. The smallest absolute Gasteiger partial charge is 0.337 e. The molecule has 0 radical (unpaired) electrons. The van der Waals surface area contributed by atoms with Gasteiger partial charge in [-0.25, -0.2) is 4.79 Å². The molecule has 0 saturated heterocycles. The van der Waals surface area contributed by atoms with Gasteiger partial charge in [-0.1, -0.05) is 6.07 Å². The van der Waals surface area contributed by atoms with Crippen LogP contribution in [0.15, 0.2) is 24.4 Å². The van der Waals surface area contributed by atoms with E-state index in [0.29, 0.717) is 11.1 Å². The maximum atomic E-state index is 11.2. The summed E-state index contributed by atoms with van der Waals surface area (Å²) in [5.74, 6) is -0.980. The minimum absolute atomic E-state index is 0.219. The third-order valence-electron chi connectivity index (χ3n) is 2.26. The molecule has 0 saturated carbocycles. The van der Waals surface area contributed by atoms with Crippen LogP contribution < -0.4 is 0 Å². The van der Waals surface area contributed by atoms with Crippen LogP contribution in [0.4, 0.5) is 0 Å². The van der Waals surface area contributed by atoms with Crippen LogP contribution in [0.3, 0.4) is 0 Å². The Kier molecular flexibility index (Phi) is 3.89. The van der Waals surface area contributed by atoms with Crippen molar-refractivity contribution in [2.75, 3.05) is 14.1 Å². The van der Waals surface area contributed by atoms with Gasteiger partial charge in [-0.2, -0.15) is 5.26 Å². The fraction of sp³-hybridized carbons (Fsp3) is 0.231. The van der Waals surface area contributed by atoms with E-state index in [1.54, 1.807) is 50.3 Å². The van der Waals surface area contributed by atoms with Crippen LogP contribution in [0.2, 0.25) is 0 Å². The molecule has 88 valence electrons. The van der Waals surface area contributed by atoms with Crippen LogP contribution in [-0.2, 0) is 4.79 Å². The molecule has 17 heavy (non-hydrogen) atoms. The summed E-state index contributed by atoms with van der Waals surface area (Å²) >= 11 is 0. The van der Waals surface area contributed by atoms with Crippen LogP contribution in [0.1, 0.15) is 16.7 Å². The Morgan fingerprint density at radius 3 is 2.53 bits per heavy atom. The average Bonchev–Trinajstić information content (AvgIpc) is 2.25. The number of hydrogen-bond donors (Lipinski definition) is 1. The third kappa shape index (κ3) is 3.08. The van der Waals surface area contributed by atoms with Crippen LogP contribution in [0.25, 0.3) is 5.57 Å². The Morgan fingerprint density at radius 1 is 1.47 bits per heavy atom. The van der Waals surface area contributed by atoms with Gasteiger partial charge in [0.1, 0.15) is 0 Å². The summed E-state index contributed by atoms with van der Waals surface area (Å²) < 4.78 is 0. The zero-order valence-electron chi connectivity index (χ0n) is 10.1. The summed E-state index contributed by atoms with van der Waals surface area (Å²) in [6, 6.07) is 6.99. The highest BCUT2D eigenvalue weighted by Crippen LogP contribution is 2.20. The SMILES string of the molecule is Cc1cc(C#N)ccc1/C(=C/N(C)C)C(=O)O. The van der Waals surface area contributed by atoms with Gasteiger partial charge < -0.3 is 10.0 Å². The van der Waals surface area contributed by atoms with Crippen molar-refractivity contribution in [2.24, 2.45) is 0 Å². The second-order valence-electron chi connectivity index (χ2n) is 3.95. The summed E-state index contributed by atoms with van der Waals surface area (Å²) in [4.78, 5) is 12.9. The molecule has 0 amide bonds. The van der Waals surface area contributed by atoms with Gasteiger partial charge in [-0.15, -0.1) is 0 Å². The van der Waals surface area contributed by atoms with Crippen LogP contribution >= 0.6 is 0 Å². The van der Waals surface area contributed by atoms with Crippen molar-refractivity contribution >= 4 is 11.5 Å². The fourth-order valence-electron chi connectivity index (χ4n) is 1.53. The van der Waals surface area contributed by atoms with Crippen molar-refractivity contribution in [3.8, 4) is 6.07 Å². The Hall–Kier alpha value is -2.28. The van der Waals surface area contributed by atoms with Crippen molar-refractivity contribution in [3.05, 3.63) is 41.1 Å². The van der Waals surface area contributed by atoms with Crippen molar-refractivity contribution < 1.29 is 9.90 Å². The first kappa shape index (κ1) is 12.8. The second-order valence-corrected chi connectivity index (χ2v) is 3.95. The highest BCUT2D eigenvalue weighted by molar-refractivity contribution is 6.15. The highest BCUT2D eigenvalue weighted by atomic mass is 16.4. The van der Waals surface area contributed by atoms with Gasteiger partial charge in [-0.05, 0) is 30.2 Å². The molecule has 1 rings (SSSR count). The molecule has 0 bridgehead atoms. The van der Waals surface area contributed by atoms with Crippen LogP contribution in [0, 0.1) is 18.3 Å². The molecule has 1 N–H and O–H groups in total. The molecule has 1 aromatic carbocycles. The van der Waals surface area contributed by atoms with Gasteiger partial charge in [0.15, 0.2) is 0 Å². The second kappa shape index (κ2) is 5.17. The summed E-state index contributed by atoms with van der Waals surface area (Å²) in [7, 11) is 3.53. The van der Waals surface area contributed by atoms with E-state index in [1.165, 1.54) is 0 Å². The van der Waals surface area contributed by atoms with Gasteiger partial charge in [-0.3, -0.25) is 0 Å². The highest BCUT2D eigenvalue weighted by Gasteiger charge is 2.13. The van der Waals surface area contributed by atoms with E-state index >= 15 is 0 Å². The van der Waals surface area contributed by atoms with E-state index in [9.17, 15) is 4.79 Å². The molecule has 0 atom stereocenters. The number of hydrogen-bond acceptors (Lipinski definition) is 3. The Bertz CT molecular complexity index is 511. The normalized spacial score (nSPS) is 10.8. The molecule has 0 fully saturated rings. The third-order valence-corrected chi connectivity index (χ3v) is 2.26. The maximum absolute atomic E-state index is 11.2. The Balaban J connectivity index is 3.31. The lowest BCUT2D eigenvalue weighted by Crippen LogP contribution is -2.09. The quantitative estimate of drug-likeness (QED) is 0.805. The van der Waals surface area contributed by atoms with E-state index in [4.69, 9.17) is 10.4 Å². The van der Waals surface area contributed by atoms with E-state index in [0.717, 1.165) is 5.56 Å². The lowest BCUT2D eigenvalue weighted by atomic mass is 9.99. The van der Waals surface area contributed by atoms with E-state index in [1.807, 2.05) is 6.07 Å². The zero-order valence-corrected chi connectivity index (χ0v) is 10.1. The molecule has 0 aliphatic rings. The molecule has 0 spiro atoms. The van der Waals surface area contributed by atoms with Gasteiger partial charge in [0.25, 0.3) is 0 Å². The average molecular weight is 230 g/mol.